The molecular weight excluding hydrogens is 344 g/mol. The van der Waals surface area contributed by atoms with Crippen molar-refractivity contribution in [1.82, 2.24) is 14.6 Å². The van der Waals surface area contributed by atoms with Gasteiger partial charge in [-0.25, -0.2) is 4.52 Å². The number of nitrogens with zero attached hydrogens (tertiary/aromatic N) is 3. The van der Waals surface area contributed by atoms with E-state index < -0.39 is 0 Å². The van der Waals surface area contributed by atoms with E-state index in [0.717, 1.165) is 21.8 Å². The summed E-state index contributed by atoms with van der Waals surface area (Å²) >= 11 is 1.51. The summed E-state index contributed by atoms with van der Waals surface area (Å²) in [5, 5.41) is 9.31. The van der Waals surface area contributed by atoms with Crippen molar-refractivity contribution < 1.29 is 4.79 Å². The Morgan fingerprint density at radius 2 is 1.88 bits per heavy atom. The van der Waals surface area contributed by atoms with Crippen molar-refractivity contribution in [3.05, 3.63) is 70.1 Å². The smallest absolute Gasteiger partial charge is 0.258 e. The molecule has 26 heavy (non-hydrogen) atoms. The number of amides is 1. The first-order valence-corrected chi connectivity index (χ1v) is 9.19. The van der Waals surface area contributed by atoms with Crippen LogP contribution in [0.25, 0.3) is 16.2 Å². The molecule has 6 heteroatoms. The highest BCUT2D eigenvalue weighted by atomic mass is 32.1. The van der Waals surface area contributed by atoms with E-state index in [4.69, 9.17) is 0 Å². The van der Waals surface area contributed by atoms with Gasteiger partial charge in [0.05, 0.1) is 5.69 Å². The molecule has 4 aromatic rings. The van der Waals surface area contributed by atoms with Gasteiger partial charge < -0.3 is 0 Å². The first-order chi connectivity index (χ1) is 12.5. The van der Waals surface area contributed by atoms with Crippen LogP contribution in [-0.2, 0) is 0 Å². The van der Waals surface area contributed by atoms with E-state index in [0.29, 0.717) is 11.5 Å². The fourth-order valence-electron chi connectivity index (χ4n) is 2.98. The lowest BCUT2D eigenvalue weighted by molar-refractivity contribution is 0.102. The molecule has 0 aliphatic rings. The topological polar surface area (TPSA) is 59.3 Å². The molecule has 5 nitrogen and oxygen atoms in total. The second-order valence-electron chi connectivity index (χ2n) is 6.39. The van der Waals surface area contributed by atoms with E-state index >= 15 is 0 Å². The van der Waals surface area contributed by atoms with E-state index in [1.165, 1.54) is 22.5 Å². The van der Waals surface area contributed by atoms with Crippen molar-refractivity contribution >= 4 is 28.2 Å². The average molecular weight is 362 g/mol. The predicted molar refractivity (Wildman–Crippen MR) is 105 cm³/mol. The number of nitrogens with one attached hydrogen (secondary N) is 1. The number of aromatic nitrogens is 3. The number of rotatable bonds is 3. The second-order valence-corrected chi connectivity index (χ2v) is 7.23. The van der Waals surface area contributed by atoms with Gasteiger partial charge in [-0.05, 0) is 38.5 Å². The minimum absolute atomic E-state index is 0.208. The van der Waals surface area contributed by atoms with Crippen molar-refractivity contribution in [3.8, 4) is 11.3 Å². The number of hydrogen-bond acceptors (Lipinski definition) is 4. The van der Waals surface area contributed by atoms with Gasteiger partial charge in [0.15, 0.2) is 0 Å². The van der Waals surface area contributed by atoms with Crippen LogP contribution in [0.15, 0.2) is 47.8 Å². The monoisotopic (exact) mass is 362 g/mol. The summed E-state index contributed by atoms with van der Waals surface area (Å²) in [4.78, 5) is 17.6. The minimum Gasteiger partial charge on any atom is -0.289 e. The number of thiazole rings is 1. The summed E-state index contributed by atoms with van der Waals surface area (Å²) in [6.45, 7) is 6.12. The summed E-state index contributed by atoms with van der Waals surface area (Å²) in [6, 6.07) is 13.8. The SMILES string of the molecule is Cc1cccc(C(=O)Nc2nc3scc(-c4ccc(C)cc4C)n3n2)c1. The summed E-state index contributed by atoms with van der Waals surface area (Å²) in [5.74, 6) is 0.106. The van der Waals surface area contributed by atoms with E-state index in [-0.39, 0.29) is 5.91 Å². The summed E-state index contributed by atoms with van der Waals surface area (Å²) in [5.41, 5.74) is 6.13. The molecule has 2 heterocycles. The first kappa shape index (κ1) is 16.5. The minimum atomic E-state index is -0.208. The van der Waals surface area contributed by atoms with Crippen LogP contribution in [0.2, 0.25) is 0 Å². The van der Waals surface area contributed by atoms with Gasteiger partial charge in [-0.1, -0.05) is 41.5 Å². The number of benzene rings is 2. The number of carbonyl (C=O) groups is 1. The number of hydrogen-bond donors (Lipinski definition) is 1. The fraction of sp³-hybridized carbons (Fsp3) is 0.150. The molecule has 4 rings (SSSR count). The fourth-order valence-corrected chi connectivity index (χ4v) is 3.80. The van der Waals surface area contributed by atoms with Gasteiger partial charge in [0, 0.05) is 16.5 Å². The molecular formula is C20H18N4OS. The molecule has 0 aliphatic heterocycles. The Labute approximate surface area is 155 Å². The molecule has 0 saturated carbocycles. The van der Waals surface area contributed by atoms with Gasteiger partial charge in [-0.15, -0.1) is 16.4 Å². The van der Waals surface area contributed by atoms with Crippen LogP contribution < -0.4 is 5.32 Å². The molecule has 0 unspecified atom stereocenters. The Morgan fingerprint density at radius 1 is 1.08 bits per heavy atom. The second kappa shape index (κ2) is 6.38. The predicted octanol–water partition coefficient (Wildman–Crippen LogP) is 4.64. The maximum absolute atomic E-state index is 12.4. The summed E-state index contributed by atoms with van der Waals surface area (Å²) in [7, 11) is 0. The van der Waals surface area contributed by atoms with Gasteiger partial charge >= 0.3 is 0 Å². The Morgan fingerprint density at radius 3 is 2.65 bits per heavy atom. The molecule has 0 radical (unpaired) electrons. The van der Waals surface area contributed by atoms with Crippen LogP contribution in [0.5, 0.6) is 0 Å². The molecule has 0 saturated heterocycles. The van der Waals surface area contributed by atoms with Gasteiger partial charge in [0.2, 0.25) is 4.96 Å². The highest BCUT2D eigenvalue weighted by Crippen LogP contribution is 2.29. The first-order valence-electron chi connectivity index (χ1n) is 8.31. The molecule has 0 atom stereocenters. The maximum Gasteiger partial charge on any atom is 0.258 e. The van der Waals surface area contributed by atoms with E-state index in [1.54, 1.807) is 10.6 Å². The number of fused-ring (bicyclic) bond motifs is 1. The van der Waals surface area contributed by atoms with Crippen LogP contribution in [0.4, 0.5) is 5.95 Å². The zero-order chi connectivity index (χ0) is 18.3. The van der Waals surface area contributed by atoms with Gasteiger partial charge in [-0.2, -0.15) is 4.98 Å². The highest BCUT2D eigenvalue weighted by molar-refractivity contribution is 7.15. The number of carbonyl (C=O) groups excluding carboxylic acids is 1. The molecule has 1 amide bonds. The zero-order valence-corrected chi connectivity index (χ0v) is 15.6. The lowest BCUT2D eigenvalue weighted by Crippen LogP contribution is -2.13. The molecule has 0 spiro atoms. The molecule has 2 aromatic heterocycles. The lowest BCUT2D eigenvalue weighted by atomic mass is 10.0. The normalized spacial score (nSPS) is 11.0. The average Bonchev–Trinajstić information content (AvgIpc) is 3.15. The van der Waals surface area contributed by atoms with Gasteiger partial charge in [0.25, 0.3) is 11.9 Å². The highest BCUT2D eigenvalue weighted by Gasteiger charge is 2.15. The van der Waals surface area contributed by atoms with Crippen LogP contribution in [0, 0.1) is 20.8 Å². The van der Waals surface area contributed by atoms with Crippen LogP contribution in [0.3, 0.4) is 0 Å². The van der Waals surface area contributed by atoms with Crippen molar-refractivity contribution in [2.45, 2.75) is 20.8 Å². The standard InChI is InChI=1S/C20H18N4OS/c1-12-5-4-6-15(10-12)18(25)21-19-22-20-24(23-19)17(11-26-20)16-8-7-13(2)9-14(16)3/h4-11H,1-3H3,(H,21,23,25). The van der Waals surface area contributed by atoms with Crippen molar-refractivity contribution in [3.63, 3.8) is 0 Å². The number of aryl methyl sites for hydroxylation is 3. The Bertz CT molecular complexity index is 1130. The molecule has 2 aromatic carbocycles. The van der Waals surface area contributed by atoms with Crippen molar-refractivity contribution in [2.75, 3.05) is 5.32 Å². The van der Waals surface area contributed by atoms with Gasteiger partial charge in [-0.3, -0.25) is 10.1 Å². The van der Waals surface area contributed by atoms with E-state index in [1.807, 2.05) is 30.5 Å². The molecule has 0 fully saturated rings. The Hall–Kier alpha value is -2.99. The van der Waals surface area contributed by atoms with E-state index in [2.05, 4.69) is 47.4 Å². The van der Waals surface area contributed by atoms with Crippen LogP contribution in [-0.4, -0.2) is 20.5 Å². The Balaban J connectivity index is 1.67. The number of anilines is 1. The lowest BCUT2D eigenvalue weighted by Gasteiger charge is -2.05. The maximum atomic E-state index is 12.4. The third-order valence-electron chi connectivity index (χ3n) is 4.25. The quantitative estimate of drug-likeness (QED) is 0.578. The van der Waals surface area contributed by atoms with Crippen LogP contribution >= 0.6 is 11.3 Å². The van der Waals surface area contributed by atoms with Crippen LogP contribution in [0.1, 0.15) is 27.0 Å². The Kier molecular flexibility index (Phi) is 4.05. The summed E-state index contributed by atoms with van der Waals surface area (Å²) < 4.78 is 1.79. The third-order valence-corrected chi connectivity index (χ3v) is 5.06. The summed E-state index contributed by atoms with van der Waals surface area (Å²) in [6.07, 6.45) is 0. The largest absolute Gasteiger partial charge is 0.289 e. The third kappa shape index (κ3) is 2.99. The van der Waals surface area contributed by atoms with Gasteiger partial charge in [0.1, 0.15) is 0 Å². The molecule has 0 aliphatic carbocycles. The molecule has 130 valence electrons. The zero-order valence-electron chi connectivity index (χ0n) is 14.8. The molecule has 0 bridgehead atoms. The molecule has 1 N–H and O–H groups in total. The van der Waals surface area contributed by atoms with E-state index in [9.17, 15) is 4.79 Å². The van der Waals surface area contributed by atoms with Crippen molar-refractivity contribution in [2.24, 2.45) is 0 Å². The van der Waals surface area contributed by atoms with Crippen molar-refractivity contribution in [1.29, 1.82) is 0 Å².